The quantitative estimate of drug-likeness (QED) is 0.753. The second kappa shape index (κ2) is 8.57. The molecule has 6 nitrogen and oxygen atoms in total. The number of aromatic nitrogens is 2. The number of amides is 1. The summed E-state index contributed by atoms with van der Waals surface area (Å²) < 4.78 is 7.24. The lowest BCUT2D eigenvalue weighted by molar-refractivity contribution is -0.131. The SMILES string of the molecule is COc1cccc(CN2CCCC3(CCN(C(=O)CCn4ccc(C)n4)C3)C2)c1. The Morgan fingerprint density at radius 2 is 2.10 bits per heavy atom. The van der Waals surface area contributed by atoms with Gasteiger partial charge in [0.05, 0.1) is 12.8 Å². The van der Waals surface area contributed by atoms with Crippen molar-refractivity contribution >= 4 is 5.91 Å². The summed E-state index contributed by atoms with van der Waals surface area (Å²) in [5.74, 6) is 1.18. The van der Waals surface area contributed by atoms with Gasteiger partial charge < -0.3 is 9.64 Å². The summed E-state index contributed by atoms with van der Waals surface area (Å²) >= 11 is 0. The molecule has 1 unspecified atom stereocenters. The minimum atomic E-state index is 0.259. The average Bonchev–Trinajstić information content (AvgIpc) is 3.33. The van der Waals surface area contributed by atoms with Gasteiger partial charge in [0.25, 0.3) is 0 Å². The summed E-state index contributed by atoms with van der Waals surface area (Å²) in [5.41, 5.74) is 2.55. The molecule has 0 aliphatic carbocycles. The Hall–Kier alpha value is -2.34. The Bertz CT molecular complexity index is 849. The standard InChI is InChI=1S/C23H32N4O2/c1-19-7-12-27(24-19)13-8-22(28)26-14-10-23(18-26)9-4-11-25(17-23)16-20-5-3-6-21(15-20)29-2/h3,5-7,12,15H,4,8-11,13-14,16-18H2,1-2H3. The van der Waals surface area contributed by atoms with E-state index in [0.717, 1.165) is 50.6 Å². The van der Waals surface area contributed by atoms with Gasteiger partial charge in [0, 0.05) is 50.8 Å². The highest BCUT2D eigenvalue weighted by Gasteiger charge is 2.42. The minimum absolute atomic E-state index is 0.259. The van der Waals surface area contributed by atoms with Gasteiger partial charge >= 0.3 is 0 Å². The number of methoxy groups -OCH3 is 1. The van der Waals surface area contributed by atoms with Gasteiger partial charge in [-0.05, 0) is 56.5 Å². The van der Waals surface area contributed by atoms with Crippen molar-refractivity contribution in [2.75, 3.05) is 33.3 Å². The van der Waals surface area contributed by atoms with Crippen LogP contribution in [0.1, 0.15) is 36.9 Å². The molecule has 1 amide bonds. The number of carbonyl (C=O) groups excluding carboxylic acids is 1. The smallest absolute Gasteiger partial charge is 0.224 e. The third-order valence-electron chi connectivity index (χ3n) is 6.40. The predicted octanol–water partition coefficient (Wildman–Crippen LogP) is 3.10. The van der Waals surface area contributed by atoms with E-state index in [1.54, 1.807) is 7.11 Å². The van der Waals surface area contributed by atoms with Crippen LogP contribution >= 0.6 is 0 Å². The first kappa shape index (κ1) is 20.0. The zero-order chi connectivity index (χ0) is 20.3. The van der Waals surface area contributed by atoms with Crippen molar-refractivity contribution in [1.29, 1.82) is 0 Å². The Balaban J connectivity index is 1.32. The fraction of sp³-hybridized carbons (Fsp3) is 0.565. The number of piperidine rings is 1. The molecule has 156 valence electrons. The molecule has 2 saturated heterocycles. The van der Waals surface area contributed by atoms with Crippen molar-refractivity contribution in [2.45, 2.75) is 45.7 Å². The fourth-order valence-electron chi connectivity index (χ4n) is 4.91. The second-order valence-electron chi connectivity index (χ2n) is 8.70. The number of hydrogen-bond donors (Lipinski definition) is 0. The van der Waals surface area contributed by atoms with E-state index >= 15 is 0 Å². The zero-order valence-corrected chi connectivity index (χ0v) is 17.6. The summed E-state index contributed by atoms with van der Waals surface area (Å²) in [7, 11) is 1.71. The lowest BCUT2D eigenvalue weighted by atomic mass is 9.79. The Kier molecular flexibility index (Phi) is 5.90. The van der Waals surface area contributed by atoms with E-state index in [1.165, 1.54) is 18.4 Å². The number of nitrogens with zero attached hydrogens (tertiary/aromatic N) is 4. The average molecular weight is 397 g/mol. The molecule has 2 fully saturated rings. The maximum Gasteiger partial charge on any atom is 0.224 e. The highest BCUT2D eigenvalue weighted by Crippen LogP contribution is 2.39. The molecule has 0 radical (unpaired) electrons. The summed E-state index contributed by atoms with van der Waals surface area (Å²) in [6.07, 6.45) is 6.03. The Morgan fingerprint density at radius 1 is 1.21 bits per heavy atom. The van der Waals surface area contributed by atoms with Gasteiger partial charge in [0.1, 0.15) is 5.75 Å². The van der Waals surface area contributed by atoms with E-state index in [9.17, 15) is 4.79 Å². The first-order chi connectivity index (χ1) is 14.0. The maximum atomic E-state index is 12.8. The van der Waals surface area contributed by atoms with Crippen molar-refractivity contribution in [2.24, 2.45) is 5.41 Å². The lowest BCUT2D eigenvalue weighted by Crippen LogP contribution is -2.45. The van der Waals surface area contributed by atoms with Gasteiger partial charge in [-0.25, -0.2) is 0 Å². The first-order valence-corrected chi connectivity index (χ1v) is 10.7. The van der Waals surface area contributed by atoms with Crippen LogP contribution in [0.4, 0.5) is 0 Å². The molecule has 1 spiro atoms. The topological polar surface area (TPSA) is 50.6 Å². The lowest BCUT2D eigenvalue weighted by Gasteiger charge is -2.40. The van der Waals surface area contributed by atoms with Crippen LogP contribution in [0, 0.1) is 12.3 Å². The summed E-state index contributed by atoms with van der Waals surface area (Å²) in [6.45, 7) is 7.59. The molecule has 6 heteroatoms. The van der Waals surface area contributed by atoms with E-state index in [1.807, 2.05) is 29.9 Å². The fourth-order valence-corrected chi connectivity index (χ4v) is 4.91. The highest BCUT2D eigenvalue weighted by atomic mass is 16.5. The second-order valence-corrected chi connectivity index (χ2v) is 8.70. The van der Waals surface area contributed by atoms with Crippen molar-refractivity contribution in [3.05, 3.63) is 47.8 Å². The molecular formula is C23H32N4O2. The molecule has 2 aliphatic heterocycles. The molecule has 29 heavy (non-hydrogen) atoms. The molecule has 2 aliphatic rings. The van der Waals surface area contributed by atoms with Gasteiger partial charge in [-0.15, -0.1) is 0 Å². The number of aryl methyl sites for hydroxylation is 2. The largest absolute Gasteiger partial charge is 0.497 e. The Labute approximate surface area is 173 Å². The predicted molar refractivity (Wildman–Crippen MR) is 113 cm³/mol. The normalized spacial score (nSPS) is 22.3. The highest BCUT2D eigenvalue weighted by molar-refractivity contribution is 5.76. The molecule has 0 N–H and O–H groups in total. The number of carbonyl (C=O) groups is 1. The summed E-state index contributed by atoms with van der Waals surface area (Å²) in [5, 5.41) is 4.39. The van der Waals surface area contributed by atoms with Crippen LogP contribution < -0.4 is 4.74 Å². The number of rotatable bonds is 6. The molecular weight excluding hydrogens is 364 g/mol. The number of likely N-dealkylation sites (tertiary alicyclic amines) is 2. The minimum Gasteiger partial charge on any atom is -0.497 e. The van der Waals surface area contributed by atoms with Crippen molar-refractivity contribution in [3.8, 4) is 5.75 Å². The number of hydrogen-bond acceptors (Lipinski definition) is 4. The van der Waals surface area contributed by atoms with Crippen molar-refractivity contribution in [3.63, 3.8) is 0 Å². The van der Waals surface area contributed by atoms with Crippen molar-refractivity contribution < 1.29 is 9.53 Å². The molecule has 2 aromatic rings. The third-order valence-corrected chi connectivity index (χ3v) is 6.40. The summed E-state index contributed by atoms with van der Waals surface area (Å²) in [6, 6.07) is 10.3. The molecule has 3 heterocycles. The van der Waals surface area contributed by atoms with Crippen LogP contribution in [0.2, 0.25) is 0 Å². The van der Waals surface area contributed by atoms with E-state index < -0.39 is 0 Å². The van der Waals surface area contributed by atoms with Crippen LogP contribution in [0.25, 0.3) is 0 Å². The van der Waals surface area contributed by atoms with Crippen LogP contribution in [0.15, 0.2) is 36.5 Å². The van der Waals surface area contributed by atoms with Crippen LogP contribution in [-0.4, -0.2) is 58.8 Å². The van der Waals surface area contributed by atoms with Gasteiger partial charge in [0.2, 0.25) is 5.91 Å². The van der Waals surface area contributed by atoms with E-state index in [4.69, 9.17) is 4.74 Å². The molecule has 0 saturated carbocycles. The maximum absolute atomic E-state index is 12.8. The summed E-state index contributed by atoms with van der Waals surface area (Å²) in [4.78, 5) is 17.4. The zero-order valence-electron chi connectivity index (χ0n) is 17.6. The van der Waals surface area contributed by atoms with E-state index in [0.29, 0.717) is 13.0 Å². The monoisotopic (exact) mass is 396 g/mol. The van der Waals surface area contributed by atoms with Gasteiger partial charge in [-0.2, -0.15) is 5.10 Å². The van der Waals surface area contributed by atoms with Gasteiger partial charge in [-0.1, -0.05) is 12.1 Å². The molecule has 1 aromatic carbocycles. The molecule has 0 bridgehead atoms. The van der Waals surface area contributed by atoms with Crippen LogP contribution in [0.5, 0.6) is 5.75 Å². The molecule has 1 atom stereocenters. The van der Waals surface area contributed by atoms with Crippen LogP contribution in [-0.2, 0) is 17.9 Å². The van der Waals surface area contributed by atoms with Crippen molar-refractivity contribution in [1.82, 2.24) is 19.6 Å². The van der Waals surface area contributed by atoms with Gasteiger partial charge in [0.15, 0.2) is 0 Å². The van der Waals surface area contributed by atoms with Gasteiger partial charge in [-0.3, -0.25) is 14.4 Å². The third kappa shape index (κ3) is 4.81. The molecule has 1 aromatic heterocycles. The van der Waals surface area contributed by atoms with E-state index in [2.05, 4.69) is 33.1 Å². The van der Waals surface area contributed by atoms with Crippen LogP contribution in [0.3, 0.4) is 0 Å². The number of ether oxygens (including phenoxy) is 1. The van der Waals surface area contributed by atoms with E-state index in [-0.39, 0.29) is 11.3 Å². The first-order valence-electron chi connectivity index (χ1n) is 10.7. The molecule has 4 rings (SSSR count). The Morgan fingerprint density at radius 3 is 2.90 bits per heavy atom. The number of benzene rings is 1.